The number of rotatable bonds is 5. The van der Waals surface area contributed by atoms with Crippen LogP contribution in [0.3, 0.4) is 0 Å². The summed E-state index contributed by atoms with van der Waals surface area (Å²) in [7, 11) is 1.70. The van der Waals surface area contributed by atoms with Crippen molar-refractivity contribution in [3.63, 3.8) is 0 Å². The zero-order valence-corrected chi connectivity index (χ0v) is 13.5. The van der Waals surface area contributed by atoms with Gasteiger partial charge >= 0.3 is 0 Å². The minimum absolute atomic E-state index is 0.168. The van der Waals surface area contributed by atoms with Crippen LogP contribution in [0.2, 0.25) is 5.02 Å². The maximum Gasteiger partial charge on any atom is 0.123 e. The number of methoxy groups -OCH3 is 1. The molecule has 2 aromatic carbocycles. The fourth-order valence-electron chi connectivity index (χ4n) is 3.25. The molecule has 1 unspecified atom stereocenters. The second-order valence-electron chi connectivity index (χ2n) is 5.60. The number of nitrogens with zero attached hydrogens (tertiary/aromatic N) is 1. The van der Waals surface area contributed by atoms with Gasteiger partial charge in [0.1, 0.15) is 5.75 Å². The van der Waals surface area contributed by atoms with Crippen molar-refractivity contribution in [1.82, 2.24) is 4.90 Å². The summed E-state index contributed by atoms with van der Waals surface area (Å²) in [6, 6.07) is 14.5. The van der Waals surface area contributed by atoms with Crippen LogP contribution in [0.15, 0.2) is 42.5 Å². The molecule has 0 radical (unpaired) electrons. The zero-order valence-electron chi connectivity index (χ0n) is 12.8. The molecular weight excluding hydrogens is 296 g/mol. The second kappa shape index (κ2) is 6.69. The van der Waals surface area contributed by atoms with Crippen molar-refractivity contribution < 1.29 is 4.74 Å². The Bertz CT molecular complexity index is 645. The molecular formula is C18H21ClN2O. The second-order valence-corrected chi connectivity index (χ2v) is 6.01. The lowest BCUT2D eigenvalue weighted by atomic mass is 10.0. The molecule has 1 heterocycles. The summed E-state index contributed by atoms with van der Waals surface area (Å²) in [5.74, 6) is 0.903. The molecule has 0 aromatic heterocycles. The summed E-state index contributed by atoms with van der Waals surface area (Å²) in [5, 5.41) is 0.786. The molecule has 4 heteroatoms. The van der Waals surface area contributed by atoms with Gasteiger partial charge in [-0.05, 0) is 29.7 Å². The molecule has 22 heavy (non-hydrogen) atoms. The van der Waals surface area contributed by atoms with Gasteiger partial charge in [-0.25, -0.2) is 0 Å². The van der Waals surface area contributed by atoms with Gasteiger partial charge in [-0.2, -0.15) is 0 Å². The molecule has 2 N–H and O–H groups in total. The largest absolute Gasteiger partial charge is 0.496 e. The highest BCUT2D eigenvalue weighted by molar-refractivity contribution is 6.31. The van der Waals surface area contributed by atoms with Gasteiger partial charge in [-0.15, -0.1) is 0 Å². The molecule has 0 bridgehead atoms. The van der Waals surface area contributed by atoms with Gasteiger partial charge in [0.15, 0.2) is 0 Å². The molecule has 0 fully saturated rings. The minimum Gasteiger partial charge on any atom is -0.496 e. The van der Waals surface area contributed by atoms with Crippen LogP contribution in [0, 0.1) is 0 Å². The third kappa shape index (κ3) is 2.84. The molecule has 0 spiro atoms. The predicted octanol–water partition coefficient (Wildman–Crippen LogP) is 3.41. The summed E-state index contributed by atoms with van der Waals surface area (Å²) < 4.78 is 5.49. The first-order valence-electron chi connectivity index (χ1n) is 7.58. The minimum atomic E-state index is 0.168. The zero-order chi connectivity index (χ0) is 15.5. The van der Waals surface area contributed by atoms with Crippen molar-refractivity contribution in [1.29, 1.82) is 0 Å². The number of fused-ring (bicyclic) bond motifs is 1. The molecule has 0 saturated heterocycles. The number of benzene rings is 2. The van der Waals surface area contributed by atoms with Gasteiger partial charge in [0, 0.05) is 36.3 Å². The van der Waals surface area contributed by atoms with Gasteiger partial charge in [0.2, 0.25) is 0 Å². The molecule has 1 aliphatic heterocycles. The fourth-order valence-corrected chi connectivity index (χ4v) is 3.55. The normalized spacial score (nSPS) is 17.5. The monoisotopic (exact) mass is 316 g/mol. The van der Waals surface area contributed by atoms with E-state index in [-0.39, 0.29) is 6.04 Å². The van der Waals surface area contributed by atoms with Crippen molar-refractivity contribution in [2.45, 2.75) is 19.0 Å². The van der Waals surface area contributed by atoms with Crippen LogP contribution >= 0.6 is 11.6 Å². The third-order valence-corrected chi connectivity index (χ3v) is 4.70. The van der Waals surface area contributed by atoms with Crippen LogP contribution in [0.1, 0.15) is 22.7 Å². The van der Waals surface area contributed by atoms with Crippen molar-refractivity contribution in [3.05, 3.63) is 64.2 Å². The Labute approximate surface area is 136 Å². The number of halogens is 1. The molecule has 3 rings (SSSR count). The molecule has 0 amide bonds. The average Bonchev–Trinajstić information content (AvgIpc) is 2.94. The topological polar surface area (TPSA) is 38.5 Å². The summed E-state index contributed by atoms with van der Waals surface area (Å²) >= 11 is 6.42. The number of nitrogens with two attached hydrogens (primary N) is 1. The summed E-state index contributed by atoms with van der Waals surface area (Å²) in [4.78, 5) is 2.39. The summed E-state index contributed by atoms with van der Waals surface area (Å²) in [6.45, 7) is 2.36. The lowest BCUT2D eigenvalue weighted by Gasteiger charge is -2.24. The first-order valence-corrected chi connectivity index (χ1v) is 7.95. The van der Waals surface area contributed by atoms with E-state index in [1.807, 2.05) is 18.2 Å². The molecule has 0 saturated carbocycles. The van der Waals surface area contributed by atoms with Gasteiger partial charge in [-0.1, -0.05) is 41.9 Å². The smallest absolute Gasteiger partial charge is 0.123 e. The van der Waals surface area contributed by atoms with Gasteiger partial charge in [0.05, 0.1) is 7.11 Å². The maximum absolute atomic E-state index is 6.42. The van der Waals surface area contributed by atoms with Crippen LogP contribution in [-0.2, 0) is 13.0 Å². The van der Waals surface area contributed by atoms with E-state index < -0.39 is 0 Å². The molecule has 1 aliphatic rings. The summed E-state index contributed by atoms with van der Waals surface area (Å²) in [6.07, 6.45) is 1.01. The Morgan fingerprint density at radius 3 is 2.68 bits per heavy atom. The highest BCUT2D eigenvalue weighted by atomic mass is 35.5. The van der Waals surface area contributed by atoms with E-state index in [4.69, 9.17) is 22.1 Å². The van der Waals surface area contributed by atoms with E-state index >= 15 is 0 Å². The summed E-state index contributed by atoms with van der Waals surface area (Å²) in [5.41, 5.74) is 9.68. The van der Waals surface area contributed by atoms with Crippen LogP contribution in [0.4, 0.5) is 0 Å². The van der Waals surface area contributed by atoms with Crippen LogP contribution < -0.4 is 10.5 Å². The van der Waals surface area contributed by atoms with E-state index in [1.54, 1.807) is 7.11 Å². The Kier molecular flexibility index (Phi) is 4.67. The Morgan fingerprint density at radius 1 is 1.23 bits per heavy atom. The van der Waals surface area contributed by atoms with Crippen molar-refractivity contribution in [3.8, 4) is 5.75 Å². The Hall–Kier alpha value is -1.55. The van der Waals surface area contributed by atoms with Crippen LogP contribution in [-0.4, -0.2) is 25.1 Å². The SMILES string of the molecule is COc1ccc(Cl)c2c1CN(CCc1ccccc1)C2CN. The average molecular weight is 317 g/mol. The van der Waals surface area contributed by atoms with E-state index in [9.17, 15) is 0 Å². The van der Waals surface area contributed by atoms with Gasteiger partial charge in [-0.3, -0.25) is 4.90 Å². The van der Waals surface area contributed by atoms with Crippen molar-refractivity contribution >= 4 is 11.6 Å². The fraction of sp³-hybridized carbons (Fsp3) is 0.333. The maximum atomic E-state index is 6.42. The molecule has 1 atom stereocenters. The van der Waals surface area contributed by atoms with Crippen molar-refractivity contribution in [2.24, 2.45) is 5.73 Å². The van der Waals surface area contributed by atoms with Gasteiger partial charge in [0.25, 0.3) is 0 Å². The van der Waals surface area contributed by atoms with E-state index in [0.717, 1.165) is 35.8 Å². The van der Waals surface area contributed by atoms with E-state index in [1.165, 1.54) is 11.1 Å². The van der Waals surface area contributed by atoms with Crippen LogP contribution in [0.25, 0.3) is 0 Å². The molecule has 2 aromatic rings. The standard InChI is InChI=1S/C18H21ClN2O/c1-22-17-8-7-15(19)18-14(17)12-21(16(18)11-20)10-9-13-5-3-2-4-6-13/h2-8,16H,9-12,20H2,1H3. The van der Waals surface area contributed by atoms with Crippen LogP contribution in [0.5, 0.6) is 5.75 Å². The van der Waals surface area contributed by atoms with Gasteiger partial charge < -0.3 is 10.5 Å². The number of hydrogen-bond donors (Lipinski definition) is 1. The van der Waals surface area contributed by atoms with E-state index in [0.29, 0.717) is 6.54 Å². The third-order valence-electron chi connectivity index (χ3n) is 4.37. The molecule has 0 aliphatic carbocycles. The molecule has 116 valence electrons. The predicted molar refractivity (Wildman–Crippen MR) is 90.4 cm³/mol. The first kappa shape index (κ1) is 15.3. The van der Waals surface area contributed by atoms with Crippen molar-refractivity contribution in [2.75, 3.05) is 20.2 Å². The highest BCUT2D eigenvalue weighted by Gasteiger charge is 2.33. The lowest BCUT2D eigenvalue weighted by Crippen LogP contribution is -2.29. The number of hydrogen-bond acceptors (Lipinski definition) is 3. The molecule has 3 nitrogen and oxygen atoms in total. The lowest BCUT2D eigenvalue weighted by molar-refractivity contribution is 0.222. The Morgan fingerprint density at radius 2 is 2.00 bits per heavy atom. The number of ether oxygens (including phenoxy) is 1. The first-order chi connectivity index (χ1) is 10.7. The Balaban J connectivity index is 1.81. The quantitative estimate of drug-likeness (QED) is 0.918. The van der Waals surface area contributed by atoms with E-state index in [2.05, 4.69) is 29.2 Å². The highest BCUT2D eigenvalue weighted by Crippen LogP contribution is 2.42.